The fourth-order valence-electron chi connectivity index (χ4n) is 1.70. The Morgan fingerprint density at radius 2 is 1.92 bits per heavy atom. The van der Waals surface area contributed by atoms with Crippen LogP contribution < -0.4 is 5.32 Å². The van der Waals surface area contributed by atoms with Crippen molar-refractivity contribution >= 4 is 24.8 Å². The highest BCUT2D eigenvalue weighted by molar-refractivity contribution is 5.85. The summed E-state index contributed by atoms with van der Waals surface area (Å²) < 4.78 is 5.33. The van der Waals surface area contributed by atoms with Gasteiger partial charge in [-0.05, 0) is 13.5 Å². The second-order valence-corrected chi connectivity index (χ2v) is 3.49. The van der Waals surface area contributed by atoms with Gasteiger partial charge in [0.15, 0.2) is 0 Å². The molecule has 0 aliphatic carbocycles. The molecule has 0 amide bonds. The van der Waals surface area contributed by atoms with Crippen molar-refractivity contribution in [2.75, 3.05) is 33.4 Å². The van der Waals surface area contributed by atoms with E-state index >= 15 is 0 Å². The van der Waals surface area contributed by atoms with Gasteiger partial charge in [0.1, 0.15) is 0 Å². The molecule has 3 nitrogen and oxygen atoms in total. The zero-order valence-corrected chi connectivity index (χ0v) is 9.50. The van der Waals surface area contributed by atoms with Crippen molar-refractivity contribution in [3.8, 4) is 0 Å². The van der Waals surface area contributed by atoms with Crippen molar-refractivity contribution < 1.29 is 4.74 Å². The third-order valence-electron chi connectivity index (χ3n) is 2.82. The first-order valence-electron chi connectivity index (χ1n) is 4.38. The SMILES string of the molecule is CN(C1CNC1)[C@@H]1CCOC1.Cl.Cl. The van der Waals surface area contributed by atoms with Crippen molar-refractivity contribution in [3.05, 3.63) is 0 Å². The maximum Gasteiger partial charge on any atom is 0.0622 e. The molecule has 2 saturated heterocycles. The number of nitrogens with zero attached hydrogens (tertiary/aromatic N) is 1. The number of hydrogen-bond donors (Lipinski definition) is 1. The van der Waals surface area contributed by atoms with Crippen LogP contribution in [0.15, 0.2) is 0 Å². The number of nitrogens with one attached hydrogen (secondary N) is 1. The van der Waals surface area contributed by atoms with E-state index in [9.17, 15) is 0 Å². The maximum atomic E-state index is 5.33. The lowest BCUT2D eigenvalue weighted by atomic mass is 10.1. The first-order chi connectivity index (χ1) is 5.38. The molecular formula is C8H18Cl2N2O. The minimum absolute atomic E-state index is 0. The van der Waals surface area contributed by atoms with E-state index in [-0.39, 0.29) is 24.8 Å². The van der Waals surface area contributed by atoms with E-state index in [2.05, 4.69) is 17.3 Å². The molecule has 2 aliphatic heterocycles. The molecule has 2 rings (SSSR count). The number of hydrogen-bond acceptors (Lipinski definition) is 3. The number of ether oxygens (including phenoxy) is 1. The summed E-state index contributed by atoms with van der Waals surface area (Å²) in [5, 5.41) is 3.28. The number of likely N-dealkylation sites (N-methyl/N-ethyl adjacent to an activating group) is 1. The Hall–Kier alpha value is 0.460. The summed E-state index contributed by atoms with van der Waals surface area (Å²) in [6, 6.07) is 1.45. The van der Waals surface area contributed by atoms with Gasteiger partial charge in [0.05, 0.1) is 6.61 Å². The van der Waals surface area contributed by atoms with Crippen LogP contribution >= 0.6 is 24.8 Å². The average molecular weight is 229 g/mol. The van der Waals surface area contributed by atoms with Crippen molar-refractivity contribution in [1.82, 2.24) is 10.2 Å². The molecule has 0 radical (unpaired) electrons. The highest BCUT2D eigenvalue weighted by Gasteiger charge is 2.29. The van der Waals surface area contributed by atoms with E-state index in [1.807, 2.05) is 0 Å². The van der Waals surface area contributed by atoms with Crippen LogP contribution in [0.1, 0.15) is 6.42 Å². The van der Waals surface area contributed by atoms with Gasteiger partial charge in [0.25, 0.3) is 0 Å². The van der Waals surface area contributed by atoms with Crippen LogP contribution in [0.3, 0.4) is 0 Å². The van der Waals surface area contributed by atoms with E-state index in [1.165, 1.54) is 6.42 Å². The summed E-state index contributed by atoms with van der Waals surface area (Å²) in [5.74, 6) is 0. The molecule has 0 aromatic rings. The van der Waals surface area contributed by atoms with Gasteiger partial charge >= 0.3 is 0 Å². The highest BCUT2D eigenvalue weighted by atomic mass is 35.5. The van der Waals surface area contributed by atoms with Gasteiger partial charge in [-0.1, -0.05) is 0 Å². The summed E-state index contributed by atoms with van der Waals surface area (Å²) >= 11 is 0. The van der Waals surface area contributed by atoms with Gasteiger partial charge in [0.2, 0.25) is 0 Å². The number of rotatable bonds is 2. The quantitative estimate of drug-likeness (QED) is 0.747. The smallest absolute Gasteiger partial charge is 0.0622 e. The third kappa shape index (κ3) is 2.96. The number of halogens is 2. The molecular weight excluding hydrogens is 211 g/mol. The van der Waals surface area contributed by atoms with Gasteiger partial charge < -0.3 is 10.1 Å². The van der Waals surface area contributed by atoms with E-state index in [0.717, 1.165) is 32.3 Å². The van der Waals surface area contributed by atoms with Crippen LogP contribution in [0.25, 0.3) is 0 Å². The first kappa shape index (κ1) is 13.5. The monoisotopic (exact) mass is 228 g/mol. The third-order valence-corrected chi connectivity index (χ3v) is 2.82. The molecule has 2 aliphatic rings. The van der Waals surface area contributed by atoms with Crippen molar-refractivity contribution in [2.45, 2.75) is 18.5 Å². The second kappa shape index (κ2) is 6.04. The maximum absolute atomic E-state index is 5.33. The second-order valence-electron chi connectivity index (χ2n) is 3.49. The van der Waals surface area contributed by atoms with Crippen molar-refractivity contribution in [1.29, 1.82) is 0 Å². The molecule has 0 aromatic heterocycles. The molecule has 0 saturated carbocycles. The van der Waals surface area contributed by atoms with Gasteiger partial charge in [0, 0.05) is 31.8 Å². The average Bonchev–Trinajstić information content (AvgIpc) is 2.32. The fourth-order valence-corrected chi connectivity index (χ4v) is 1.70. The van der Waals surface area contributed by atoms with E-state index in [4.69, 9.17) is 4.74 Å². The molecule has 80 valence electrons. The van der Waals surface area contributed by atoms with Crippen LogP contribution in [0, 0.1) is 0 Å². The van der Waals surface area contributed by atoms with Crippen LogP contribution in [-0.2, 0) is 4.74 Å². The first-order valence-corrected chi connectivity index (χ1v) is 4.38. The van der Waals surface area contributed by atoms with E-state index < -0.39 is 0 Å². The Bertz CT molecular complexity index is 138. The molecule has 1 N–H and O–H groups in total. The summed E-state index contributed by atoms with van der Waals surface area (Å²) in [6.07, 6.45) is 1.22. The lowest BCUT2D eigenvalue weighted by Crippen LogP contribution is -2.58. The summed E-state index contributed by atoms with van der Waals surface area (Å²) in [6.45, 7) is 4.21. The zero-order chi connectivity index (χ0) is 7.68. The fraction of sp³-hybridized carbons (Fsp3) is 1.00. The molecule has 0 aromatic carbocycles. The van der Waals surface area contributed by atoms with Crippen LogP contribution in [0.2, 0.25) is 0 Å². The normalized spacial score (nSPS) is 27.7. The van der Waals surface area contributed by atoms with Gasteiger partial charge in [-0.25, -0.2) is 0 Å². The molecule has 0 unspecified atom stereocenters. The van der Waals surface area contributed by atoms with E-state index in [1.54, 1.807) is 0 Å². The van der Waals surface area contributed by atoms with Crippen LogP contribution in [-0.4, -0.2) is 50.3 Å². The van der Waals surface area contributed by atoms with Crippen molar-refractivity contribution in [3.63, 3.8) is 0 Å². The van der Waals surface area contributed by atoms with Gasteiger partial charge in [-0.3, -0.25) is 4.90 Å². The largest absolute Gasteiger partial charge is 0.380 e. The summed E-state index contributed by atoms with van der Waals surface area (Å²) in [7, 11) is 2.21. The van der Waals surface area contributed by atoms with E-state index in [0.29, 0.717) is 6.04 Å². The minimum atomic E-state index is 0. The van der Waals surface area contributed by atoms with Crippen molar-refractivity contribution in [2.24, 2.45) is 0 Å². The molecule has 0 spiro atoms. The topological polar surface area (TPSA) is 24.5 Å². The van der Waals surface area contributed by atoms with Crippen LogP contribution in [0.4, 0.5) is 0 Å². The molecule has 13 heavy (non-hydrogen) atoms. The molecule has 1 atom stereocenters. The predicted molar refractivity (Wildman–Crippen MR) is 58.1 cm³/mol. The highest BCUT2D eigenvalue weighted by Crippen LogP contribution is 2.14. The predicted octanol–water partition coefficient (Wildman–Crippen LogP) is 0.522. The Balaban J connectivity index is 0.000000720. The van der Waals surface area contributed by atoms with Gasteiger partial charge in [-0.2, -0.15) is 0 Å². The molecule has 0 bridgehead atoms. The minimum Gasteiger partial charge on any atom is -0.380 e. The zero-order valence-electron chi connectivity index (χ0n) is 7.86. The van der Waals surface area contributed by atoms with Crippen LogP contribution in [0.5, 0.6) is 0 Å². The lowest BCUT2D eigenvalue weighted by molar-refractivity contribution is 0.106. The summed E-state index contributed by atoms with van der Waals surface area (Å²) in [5.41, 5.74) is 0. The Kier molecular flexibility index (Phi) is 6.25. The Morgan fingerprint density at radius 3 is 2.31 bits per heavy atom. The van der Waals surface area contributed by atoms with Gasteiger partial charge in [-0.15, -0.1) is 24.8 Å². The standard InChI is InChI=1S/C8H16N2O.2ClH/c1-10(8-4-9-5-8)7-2-3-11-6-7;;/h7-9H,2-6H2,1H3;2*1H/t7-;;/m1../s1. The Morgan fingerprint density at radius 1 is 1.23 bits per heavy atom. The Labute approximate surface area is 92.0 Å². The lowest BCUT2D eigenvalue weighted by Gasteiger charge is -2.38. The summed E-state index contributed by atoms with van der Waals surface area (Å²) in [4.78, 5) is 2.46. The molecule has 2 fully saturated rings. The molecule has 2 heterocycles. The molecule has 5 heteroatoms.